The summed E-state index contributed by atoms with van der Waals surface area (Å²) in [6, 6.07) is 28.8. The Morgan fingerprint density at radius 1 is 0.842 bits per heavy atom. The number of carbonyl (C=O) groups excluding carboxylic acids is 2. The van der Waals surface area contributed by atoms with Crippen molar-refractivity contribution in [2.45, 2.75) is 44.1 Å². The molecule has 0 unspecified atom stereocenters. The minimum Gasteiger partial charge on any atom is -0.467 e. The molecule has 3 aromatic carbocycles. The Labute approximate surface area is 229 Å². The quantitative estimate of drug-likeness (QED) is 0.126. The van der Waals surface area contributed by atoms with Crippen LogP contribution in [-0.2, 0) is 24.6 Å². The van der Waals surface area contributed by atoms with Crippen molar-refractivity contribution in [2.75, 3.05) is 19.6 Å². The highest BCUT2D eigenvalue weighted by Gasteiger charge is 2.64. The molecule has 38 heavy (non-hydrogen) atoms. The van der Waals surface area contributed by atoms with Gasteiger partial charge in [-0.3, -0.25) is 9.79 Å². The van der Waals surface area contributed by atoms with E-state index >= 15 is 0 Å². The minimum absolute atomic E-state index is 0.185. The van der Waals surface area contributed by atoms with E-state index in [9.17, 15) is 9.59 Å². The van der Waals surface area contributed by atoms with E-state index in [1.54, 1.807) is 0 Å². The summed E-state index contributed by atoms with van der Waals surface area (Å²) in [4.78, 5) is 33.7. The molecule has 1 atom stereocenters. The van der Waals surface area contributed by atoms with Crippen LogP contribution in [0.3, 0.4) is 0 Å². The van der Waals surface area contributed by atoms with Crippen molar-refractivity contribution in [3.05, 3.63) is 108 Å². The van der Waals surface area contributed by atoms with Crippen LogP contribution in [0.2, 0.25) is 0 Å². The fourth-order valence-corrected chi connectivity index (χ4v) is 5.62. The zero-order valence-electron chi connectivity index (χ0n) is 21.8. The molecule has 0 bridgehead atoms. The molecule has 0 radical (unpaired) electrons. The average Bonchev–Trinajstić information content (AvgIpc) is 2.99. The van der Waals surface area contributed by atoms with Gasteiger partial charge in [-0.2, -0.15) is 0 Å². The third kappa shape index (κ3) is 5.39. The Morgan fingerprint density at radius 2 is 1.37 bits per heavy atom. The zero-order chi connectivity index (χ0) is 26.8. The van der Waals surface area contributed by atoms with Crippen LogP contribution in [-0.4, -0.2) is 37.2 Å². The van der Waals surface area contributed by atoms with Gasteiger partial charge in [-0.1, -0.05) is 110 Å². The van der Waals surface area contributed by atoms with Gasteiger partial charge in [0.25, 0.3) is 0 Å². The third-order valence-corrected chi connectivity index (χ3v) is 7.62. The number of hydrogen-bond acceptors (Lipinski definition) is 5. The molecule has 1 saturated carbocycles. The molecule has 5 nitrogen and oxygen atoms in total. The van der Waals surface area contributed by atoms with Crippen LogP contribution in [0.25, 0.3) is 0 Å². The first kappa shape index (κ1) is 27.6. The van der Waals surface area contributed by atoms with E-state index in [4.69, 9.17) is 26.1 Å². The highest BCUT2D eigenvalue weighted by Crippen LogP contribution is 2.54. The molecule has 0 aliphatic heterocycles. The standard InChI is InChI=1S/C32H34ClNO4/c1-37-30(36)32(27-19-10-4-11-20-27,31(21-12-5-13-22-31)29(35)38-24-14-23-33)34-28(25-15-6-2-7-16-25)26-17-8-3-9-18-26/h2-4,6-11,15-20H,5,12-14,21-24H2,1H3/t32-/m1/s1. The molecular formula is C32H34ClNO4. The summed E-state index contributed by atoms with van der Waals surface area (Å²) in [5.41, 5.74) is -0.0244. The first-order valence-corrected chi connectivity index (χ1v) is 13.7. The van der Waals surface area contributed by atoms with Crippen LogP contribution in [0.4, 0.5) is 0 Å². The van der Waals surface area contributed by atoms with Gasteiger partial charge in [-0.15, -0.1) is 11.6 Å². The van der Waals surface area contributed by atoms with E-state index in [1.165, 1.54) is 7.11 Å². The predicted octanol–water partition coefficient (Wildman–Crippen LogP) is 6.72. The van der Waals surface area contributed by atoms with Crippen molar-refractivity contribution < 1.29 is 19.1 Å². The number of carbonyl (C=O) groups is 2. The first-order valence-electron chi connectivity index (χ1n) is 13.2. The summed E-state index contributed by atoms with van der Waals surface area (Å²) in [6.07, 6.45) is 3.96. The number of methoxy groups -OCH3 is 1. The van der Waals surface area contributed by atoms with E-state index in [-0.39, 0.29) is 6.61 Å². The molecule has 0 N–H and O–H groups in total. The molecule has 198 valence electrons. The van der Waals surface area contributed by atoms with E-state index in [0.29, 0.717) is 36.4 Å². The van der Waals surface area contributed by atoms with Crippen molar-refractivity contribution in [3.8, 4) is 0 Å². The monoisotopic (exact) mass is 531 g/mol. The van der Waals surface area contributed by atoms with Crippen LogP contribution in [0.1, 0.15) is 55.2 Å². The molecule has 0 spiro atoms. The summed E-state index contributed by atoms with van der Waals surface area (Å²) >= 11 is 5.88. The number of ether oxygens (including phenoxy) is 2. The summed E-state index contributed by atoms with van der Waals surface area (Å²) in [5.74, 6) is -0.629. The molecule has 0 aromatic heterocycles. The molecule has 0 amide bonds. The second-order valence-corrected chi connectivity index (χ2v) is 9.96. The Bertz CT molecular complexity index is 1180. The van der Waals surface area contributed by atoms with Crippen molar-refractivity contribution in [1.29, 1.82) is 0 Å². The number of benzene rings is 3. The van der Waals surface area contributed by atoms with Gasteiger partial charge in [-0.25, -0.2) is 4.79 Å². The first-order chi connectivity index (χ1) is 18.6. The van der Waals surface area contributed by atoms with Crippen LogP contribution < -0.4 is 0 Å². The van der Waals surface area contributed by atoms with Gasteiger partial charge in [0.05, 0.1) is 19.4 Å². The van der Waals surface area contributed by atoms with E-state index in [0.717, 1.165) is 30.4 Å². The number of hydrogen-bond donors (Lipinski definition) is 0. The Morgan fingerprint density at radius 3 is 1.87 bits per heavy atom. The van der Waals surface area contributed by atoms with Crippen LogP contribution in [0.5, 0.6) is 0 Å². The lowest BCUT2D eigenvalue weighted by Crippen LogP contribution is -2.57. The molecule has 6 heteroatoms. The number of esters is 2. The van der Waals surface area contributed by atoms with Crippen molar-refractivity contribution >= 4 is 29.3 Å². The number of alkyl halides is 1. The minimum atomic E-state index is -1.66. The summed E-state index contributed by atoms with van der Waals surface area (Å²) in [6.45, 7) is 0.185. The maximum atomic E-state index is 14.2. The Kier molecular flexibility index (Phi) is 9.35. The number of halogens is 1. The SMILES string of the molecule is COC(=O)[C@](N=C(c1ccccc1)c1ccccc1)(c1ccccc1)C1(C(=O)OCCCCl)CCCCC1. The Balaban J connectivity index is 2.07. The second kappa shape index (κ2) is 12.9. The van der Waals surface area contributed by atoms with Crippen molar-refractivity contribution in [3.63, 3.8) is 0 Å². The van der Waals surface area contributed by atoms with Gasteiger partial charge in [0.1, 0.15) is 5.41 Å². The van der Waals surface area contributed by atoms with Gasteiger partial charge in [0.15, 0.2) is 5.54 Å². The number of aliphatic imine (C=N–C) groups is 1. The molecular weight excluding hydrogens is 498 g/mol. The summed E-state index contributed by atoms with van der Waals surface area (Å²) < 4.78 is 11.4. The Hall–Kier alpha value is -3.44. The second-order valence-electron chi connectivity index (χ2n) is 9.58. The lowest BCUT2D eigenvalue weighted by atomic mass is 9.58. The van der Waals surface area contributed by atoms with Gasteiger partial charge >= 0.3 is 11.9 Å². The summed E-state index contributed by atoms with van der Waals surface area (Å²) in [7, 11) is 1.36. The lowest BCUT2D eigenvalue weighted by Gasteiger charge is -2.47. The van der Waals surface area contributed by atoms with Gasteiger partial charge in [0, 0.05) is 17.0 Å². The van der Waals surface area contributed by atoms with Crippen LogP contribution in [0, 0.1) is 5.41 Å². The molecule has 0 saturated heterocycles. The normalized spacial score (nSPS) is 16.1. The van der Waals surface area contributed by atoms with E-state index < -0.39 is 22.9 Å². The van der Waals surface area contributed by atoms with Crippen LogP contribution in [0.15, 0.2) is 96.0 Å². The highest BCUT2D eigenvalue weighted by atomic mass is 35.5. The highest BCUT2D eigenvalue weighted by molar-refractivity contribution is 6.17. The molecule has 1 aliphatic carbocycles. The molecule has 1 fully saturated rings. The fourth-order valence-electron chi connectivity index (χ4n) is 5.52. The largest absolute Gasteiger partial charge is 0.467 e. The molecule has 0 heterocycles. The molecule has 3 aromatic rings. The molecule has 4 rings (SSSR count). The van der Waals surface area contributed by atoms with Gasteiger partial charge in [0.2, 0.25) is 0 Å². The fraction of sp³-hybridized carbons (Fsp3) is 0.344. The number of rotatable bonds is 10. The van der Waals surface area contributed by atoms with Gasteiger partial charge in [-0.05, 0) is 24.8 Å². The maximum absolute atomic E-state index is 14.2. The summed E-state index contributed by atoms with van der Waals surface area (Å²) in [5, 5.41) is 0. The molecule has 1 aliphatic rings. The van der Waals surface area contributed by atoms with Crippen molar-refractivity contribution in [2.24, 2.45) is 10.4 Å². The van der Waals surface area contributed by atoms with E-state index in [2.05, 4.69) is 0 Å². The zero-order valence-corrected chi connectivity index (χ0v) is 22.5. The third-order valence-electron chi connectivity index (χ3n) is 7.35. The van der Waals surface area contributed by atoms with Crippen molar-refractivity contribution in [1.82, 2.24) is 0 Å². The van der Waals surface area contributed by atoms with E-state index in [1.807, 2.05) is 91.0 Å². The average molecular weight is 532 g/mol. The topological polar surface area (TPSA) is 65.0 Å². The number of nitrogens with zero attached hydrogens (tertiary/aromatic N) is 1. The predicted molar refractivity (Wildman–Crippen MR) is 150 cm³/mol. The lowest BCUT2D eigenvalue weighted by molar-refractivity contribution is -0.175. The van der Waals surface area contributed by atoms with Gasteiger partial charge < -0.3 is 9.47 Å². The maximum Gasteiger partial charge on any atom is 0.339 e. The van der Waals surface area contributed by atoms with Crippen LogP contribution >= 0.6 is 11.6 Å². The smallest absolute Gasteiger partial charge is 0.339 e.